The van der Waals surface area contributed by atoms with Crippen LogP contribution in [-0.4, -0.2) is 20.4 Å². The first-order valence-electron chi connectivity index (χ1n) is 5.12. The molecule has 0 amide bonds. The summed E-state index contributed by atoms with van der Waals surface area (Å²) in [5.41, 5.74) is 0.844. The van der Waals surface area contributed by atoms with Gasteiger partial charge in [0.1, 0.15) is 0 Å². The molecule has 0 spiro atoms. The van der Waals surface area contributed by atoms with E-state index in [-0.39, 0.29) is 5.41 Å². The summed E-state index contributed by atoms with van der Waals surface area (Å²) >= 11 is 0. The Morgan fingerprint density at radius 3 is 2.75 bits per heavy atom. The molecule has 0 saturated carbocycles. The molecule has 0 aliphatic heterocycles. The number of nitrogens with zero attached hydrogens (tertiary/aromatic N) is 3. The Labute approximate surface area is 93.5 Å². The number of rotatable bonds is 3. The molecule has 2 rings (SSSR count). The molecule has 2 aromatic heterocycles. The number of nitrogens with one attached hydrogen (secondary N) is 2. The molecule has 0 bridgehead atoms. The number of hydrogen-bond donors (Lipinski definition) is 2. The smallest absolute Gasteiger partial charge is 0.315 e. The van der Waals surface area contributed by atoms with Crippen molar-refractivity contribution in [3.8, 4) is 0 Å². The van der Waals surface area contributed by atoms with Crippen LogP contribution in [0.4, 0.5) is 6.01 Å². The molecule has 6 nitrogen and oxygen atoms in total. The van der Waals surface area contributed by atoms with E-state index < -0.39 is 0 Å². The second-order valence-corrected chi connectivity index (χ2v) is 4.60. The Hall–Kier alpha value is -1.85. The lowest BCUT2D eigenvalue weighted by Crippen LogP contribution is -2.11. The van der Waals surface area contributed by atoms with E-state index in [9.17, 15) is 0 Å². The lowest BCUT2D eigenvalue weighted by Gasteiger charge is -2.10. The van der Waals surface area contributed by atoms with Crippen molar-refractivity contribution in [2.24, 2.45) is 0 Å². The summed E-state index contributed by atoms with van der Waals surface area (Å²) in [7, 11) is 0. The van der Waals surface area contributed by atoms with Crippen LogP contribution in [0.15, 0.2) is 16.7 Å². The van der Waals surface area contributed by atoms with E-state index in [0.29, 0.717) is 18.5 Å². The van der Waals surface area contributed by atoms with Gasteiger partial charge in [0.2, 0.25) is 5.89 Å². The second kappa shape index (κ2) is 3.96. The molecule has 2 heterocycles. The van der Waals surface area contributed by atoms with E-state index in [2.05, 4.69) is 25.7 Å². The van der Waals surface area contributed by atoms with Crippen molar-refractivity contribution in [1.29, 1.82) is 0 Å². The highest BCUT2D eigenvalue weighted by Crippen LogP contribution is 2.21. The third kappa shape index (κ3) is 2.39. The van der Waals surface area contributed by atoms with Crippen LogP contribution < -0.4 is 5.32 Å². The van der Waals surface area contributed by atoms with E-state index in [1.165, 1.54) is 0 Å². The number of H-pyrrole nitrogens is 1. The molecule has 16 heavy (non-hydrogen) atoms. The summed E-state index contributed by atoms with van der Waals surface area (Å²) in [6, 6.07) is 2.31. The van der Waals surface area contributed by atoms with Gasteiger partial charge >= 0.3 is 6.01 Å². The van der Waals surface area contributed by atoms with Gasteiger partial charge in [-0.15, -0.1) is 5.10 Å². The zero-order chi connectivity index (χ0) is 11.6. The lowest BCUT2D eigenvalue weighted by atomic mass is 9.97. The highest BCUT2D eigenvalue weighted by Gasteiger charge is 2.21. The summed E-state index contributed by atoms with van der Waals surface area (Å²) < 4.78 is 5.48. The first kappa shape index (κ1) is 10.7. The van der Waals surface area contributed by atoms with Crippen molar-refractivity contribution in [2.45, 2.75) is 32.7 Å². The number of hydrogen-bond acceptors (Lipinski definition) is 5. The van der Waals surface area contributed by atoms with Gasteiger partial charge in [-0.1, -0.05) is 25.9 Å². The molecule has 0 aromatic carbocycles. The van der Waals surface area contributed by atoms with Crippen molar-refractivity contribution in [3.05, 3.63) is 23.8 Å². The highest BCUT2D eigenvalue weighted by atomic mass is 16.4. The van der Waals surface area contributed by atoms with Crippen LogP contribution in [0.5, 0.6) is 0 Å². The van der Waals surface area contributed by atoms with Crippen LogP contribution in [0.3, 0.4) is 0 Å². The molecular formula is C10H15N5O. The van der Waals surface area contributed by atoms with Crippen LogP contribution >= 0.6 is 0 Å². The Bertz CT molecular complexity index is 440. The summed E-state index contributed by atoms with van der Waals surface area (Å²) in [6.45, 7) is 6.67. The predicted molar refractivity (Wildman–Crippen MR) is 58.9 cm³/mol. The van der Waals surface area contributed by atoms with Crippen LogP contribution in [-0.2, 0) is 12.0 Å². The van der Waals surface area contributed by atoms with Gasteiger partial charge in [0.25, 0.3) is 0 Å². The van der Waals surface area contributed by atoms with Gasteiger partial charge in [-0.05, 0) is 6.07 Å². The molecule has 0 saturated heterocycles. The average molecular weight is 221 g/mol. The zero-order valence-corrected chi connectivity index (χ0v) is 9.61. The standard InChI is InChI=1S/C10H15N5O/c1-10(2,3)8-14-15-9(16-8)11-6-7-4-5-12-13-7/h4-5H,6H2,1-3H3,(H,11,15)(H,12,13). The minimum absolute atomic E-state index is 0.124. The third-order valence-electron chi connectivity index (χ3n) is 2.06. The summed E-state index contributed by atoms with van der Waals surface area (Å²) in [5.74, 6) is 0.625. The van der Waals surface area contributed by atoms with Gasteiger partial charge in [-0.3, -0.25) is 5.10 Å². The minimum atomic E-state index is -0.124. The minimum Gasteiger partial charge on any atom is -0.408 e. The van der Waals surface area contributed by atoms with Gasteiger partial charge < -0.3 is 9.73 Å². The maximum atomic E-state index is 5.48. The maximum absolute atomic E-state index is 5.48. The molecule has 86 valence electrons. The molecule has 0 radical (unpaired) electrons. The SMILES string of the molecule is CC(C)(C)c1nnc(NCc2ccn[nH]2)o1. The fourth-order valence-electron chi connectivity index (χ4n) is 1.15. The fourth-order valence-corrected chi connectivity index (χ4v) is 1.15. The van der Waals surface area contributed by atoms with Crippen LogP contribution in [0, 0.1) is 0 Å². The Kier molecular flexibility index (Phi) is 2.64. The highest BCUT2D eigenvalue weighted by molar-refractivity contribution is 5.20. The number of aromatic amines is 1. The van der Waals surface area contributed by atoms with Gasteiger partial charge in [0, 0.05) is 11.6 Å². The molecular weight excluding hydrogens is 206 g/mol. The second-order valence-electron chi connectivity index (χ2n) is 4.60. The van der Waals surface area contributed by atoms with Gasteiger partial charge in [-0.25, -0.2) is 0 Å². The topological polar surface area (TPSA) is 79.6 Å². The Morgan fingerprint density at radius 2 is 2.19 bits per heavy atom. The number of aromatic nitrogens is 4. The fraction of sp³-hybridized carbons (Fsp3) is 0.500. The largest absolute Gasteiger partial charge is 0.408 e. The molecule has 2 N–H and O–H groups in total. The molecule has 0 atom stereocenters. The van der Waals surface area contributed by atoms with E-state index in [4.69, 9.17) is 4.42 Å². The normalized spacial score (nSPS) is 11.7. The first-order chi connectivity index (χ1) is 7.55. The van der Waals surface area contributed by atoms with Crippen LogP contribution in [0.2, 0.25) is 0 Å². The molecule has 6 heteroatoms. The third-order valence-corrected chi connectivity index (χ3v) is 2.06. The van der Waals surface area contributed by atoms with Crippen molar-refractivity contribution < 1.29 is 4.42 Å². The summed E-state index contributed by atoms with van der Waals surface area (Å²) in [5, 5.41) is 17.6. The van der Waals surface area contributed by atoms with Crippen LogP contribution in [0.1, 0.15) is 32.4 Å². The first-order valence-corrected chi connectivity index (χ1v) is 5.12. The lowest BCUT2D eigenvalue weighted by molar-refractivity contribution is 0.399. The van der Waals surface area contributed by atoms with Crippen LogP contribution in [0.25, 0.3) is 0 Å². The summed E-state index contributed by atoms with van der Waals surface area (Å²) in [6.07, 6.45) is 1.70. The zero-order valence-electron chi connectivity index (χ0n) is 9.61. The van der Waals surface area contributed by atoms with Crippen molar-refractivity contribution in [2.75, 3.05) is 5.32 Å². The van der Waals surface area contributed by atoms with Gasteiger partial charge in [-0.2, -0.15) is 5.10 Å². The van der Waals surface area contributed by atoms with Gasteiger partial charge in [0.15, 0.2) is 0 Å². The monoisotopic (exact) mass is 221 g/mol. The average Bonchev–Trinajstić information content (AvgIpc) is 2.85. The predicted octanol–water partition coefficient (Wildman–Crippen LogP) is 1.70. The van der Waals surface area contributed by atoms with E-state index >= 15 is 0 Å². The van der Waals surface area contributed by atoms with E-state index in [0.717, 1.165) is 5.69 Å². The molecule has 2 aromatic rings. The van der Waals surface area contributed by atoms with Crippen molar-refractivity contribution in [3.63, 3.8) is 0 Å². The molecule has 0 fully saturated rings. The van der Waals surface area contributed by atoms with Gasteiger partial charge in [0.05, 0.1) is 12.2 Å². The van der Waals surface area contributed by atoms with E-state index in [1.807, 2.05) is 26.8 Å². The van der Waals surface area contributed by atoms with E-state index in [1.54, 1.807) is 6.20 Å². The molecule has 0 aliphatic rings. The summed E-state index contributed by atoms with van der Waals surface area (Å²) in [4.78, 5) is 0. The Morgan fingerprint density at radius 1 is 1.38 bits per heavy atom. The molecule has 0 aliphatic carbocycles. The molecule has 0 unspecified atom stereocenters. The van der Waals surface area contributed by atoms with Crippen molar-refractivity contribution in [1.82, 2.24) is 20.4 Å². The van der Waals surface area contributed by atoms with Crippen molar-refractivity contribution >= 4 is 6.01 Å². The maximum Gasteiger partial charge on any atom is 0.315 e. The Balaban J connectivity index is 1.98. The quantitative estimate of drug-likeness (QED) is 0.824. The number of anilines is 1.